The van der Waals surface area contributed by atoms with Crippen molar-refractivity contribution in [3.05, 3.63) is 17.2 Å². The number of aromatic amines is 1. The normalized spacial score (nSPS) is 34.4. The Balaban J connectivity index is 1.86. The molecule has 1 aromatic rings. The van der Waals surface area contributed by atoms with Gasteiger partial charge in [-0.15, -0.1) is 0 Å². The van der Waals surface area contributed by atoms with Gasteiger partial charge in [-0.05, 0) is 31.1 Å². The second-order valence-electron chi connectivity index (χ2n) is 6.01. The lowest BCUT2D eigenvalue weighted by Gasteiger charge is -2.24. The second kappa shape index (κ2) is 4.08. The van der Waals surface area contributed by atoms with E-state index >= 15 is 0 Å². The van der Waals surface area contributed by atoms with E-state index in [4.69, 9.17) is 0 Å². The van der Waals surface area contributed by atoms with Crippen LogP contribution in [0.5, 0.6) is 0 Å². The van der Waals surface area contributed by atoms with Gasteiger partial charge in [-0.2, -0.15) is 0 Å². The molecule has 1 aromatic heterocycles. The van der Waals surface area contributed by atoms with Crippen LogP contribution in [0.15, 0.2) is 0 Å². The first-order valence-corrected chi connectivity index (χ1v) is 8.55. The van der Waals surface area contributed by atoms with Gasteiger partial charge in [-0.1, -0.05) is 13.8 Å². The van der Waals surface area contributed by atoms with Crippen LogP contribution in [0.4, 0.5) is 0 Å². The van der Waals surface area contributed by atoms with E-state index in [-0.39, 0.29) is 11.7 Å². The summed E-state index contributed by atoms with van der Waals surface area (Å²) in [6.45, 7) is 4.54. The molecular formula is C13H20N2O2S. The van der Waals surface area contributed by atoms with Crippen LogP contribution in [0.3, 0.4) is 0 Å². The van der Waals surface area contributed by atoms with E-state index in [1.54, 1.807) is 0 Å². The van der Waals surface area contributed by atoms with E-state index in [1.807, 2.05) is 0 Å². The minimum absolute atomic E-state index is 0.0891. The summed E-state index contributed by atoms with van der Waals surface area (Å²) in [5.74, 6) is 2.92. The molecule has 0 amide bonds. The molecule has 2 aliphatic rings. The Hall–Kier alpha value is -0.840. The maximum atomic E-state index is 11.5. The Labute approximate surface area is 108 Å². The number of nitrogens with one attached hydrogen (secondary N) is 1. The van der Waals surface area contributed by atoms with Gasteiger partial charge in [0.2, 0.25) is 0 Å². The molecule has 0 aromatic carbocycles. The highest BCUT2D eigenvalue weighted by atomic mass is 32.2. The minimum atomic E-state index is -2.83. The predicted molar refractivity (Wildman–Crippen MR) is 70.3 cm³/mol. The molecule has 3 atom stereocenters. The number of imidazole rings is 1. The first-order chi connectivity index (χ1) is 8.44. The molecule has 1 saturated heterocycles. The molecule has 1 aliphatic carbocycles. The van der Waals surface area contributed by atoms with Crippen molar-refractivity contribution in [3.63, 3.8) is 0 Å². The fourth-order valence-corrected chi connectivity index (χ4v) is 4.79. The van der Waals surface area contributed by atoms with Crippen molar-refractivity contribution >= 4 is 9.84 Å². The molecule has 0 saturated carbocycles. The minimum Gasteiger partial charge on any atom is -0.345 e. The molecule has 2 heterocycles. The summed E-state index contributed by atoms with van der Waals surface area (Å²) in [4.78, 5) is 8.05. The van der Waals surface area contributed by atoms with Crippen LogP contribution < -0.4 is 0 Å². The van der Waals surface area contributed by atoms with E-state index in [0.29, 0.717) is 17.6 Å². The third-order valence-corrected chi connectivity index (χ3v) is 6.28. The second-order valence-corrected chi connectivity index (χ2v) is 8.24. The van der Waals surface area contributed by atoms with Crippen molar-refractivity contribution in [1.29, 1.82) is 0 Å². The lowest BCUT2D eigenvalue weighted by Crippen LogP contribution is -2.20. The van der Waals surface area contributed by atoms with Crippen molar-refractivity contribution in [1.82, 2.24) is 9.97 Å². The third-order valence-electron chi connectivity index (χ3n) is 4.51. The quantitative estimate of drug-likeness (QED) is 0.843. The zero-order chi connectivity index (χ0) is 12.9. The number of hydrogen-bond donors (Lipinski definition) is 1. The molecule has 1 N–H and O–H groups in total. The summed E-state index contributed by atoms with van der Waals surface area (Å²) in [5, 5.41) is 0. The fraction of sp³-hybridized carbons (Fsp3) is 0.769. The Kier molecular flexibility index (Phi) is 2.77. The van der Waals surface area contributed by atoms with Gasteiger partial charge >= 0.3 is 0 Å². The molecule has 0 bridgehead atoms. The van der Waals surface area contributed by atoms with Crippen LogP contribution in [0.2, 0.25) is 0 Å². The summed E-state index contributed by atoms with van der Waals surface area (Å²) in [5.41, 5.74) is 2.40. The van der Waals surface area contributed by atoms with E-state index in [9.17, 15) is 8.42 Å². The van der Waals surface area contributed by atoms with Gasteiger partial charge in [0.1, 0.15) is 5.82 Å². The van der Waals surface area contributed by atoms with Crippen molar-refractivity contribution in [2.75, 3.05) is 11.5 Å². The number of sulfone groups is 1. The molecule has 1 fully saturated rings. The van der Waals surface area contributed by atoms with Gasteiger partial charge in [0.15, 0.2) is 9.84 Å². The van der Waals surface area contributed by atoms with E-state index in [0.717, 1.165) is 25.1 Å². The molecule has 0 radical (unpaired) electrons. The maximum Gasteiger partial charge on any atom is 0.151 e. The lowest BCUT2D eigenvalue weighted by molar-refractivity contribution is 0.355. The lowest BCUT2D eigenvalue weighted by atomic mass is 9.82. The van der Waals surface area contributed by atoms with Crippen LogP contribution in [0.25, 0.3) is 0 Å². The molecule has 18 heavy (non-hydrogen) atoms. The van der Waals surface area contributed by atoms with Gasteiger partial charge < -0.3 is 4.98 Å². The van der Waals surface area contributed by atoms with Crippen molar-refractivity contribution < 1.29 is 8.42 Å². The highest BCUT2D eigenvalue weighted by molar-refractivity contribution is 7.91. The van der Waals surface area contributed by atoms with Crippen LogP contribution >= 0.6 is 0 Å². The smallest absolute Gasteiger partial charge is 0.151 e. The number of hydrogen-bond acceptors (Lipinski definition) is 3. The molecule has 3 unspecified atom stereocenters. The van der Waals surface area contributed by atoms with Crippen LogP contribution in [0.1, 0.15) is 43.4 Å². The topological polar surface area (TPSA) is 62.8 Å². The third kappa shape index (κ3) is 2.09. The van der Waals surface area contributed by atoms with Gasteiger partial charge in [0.05, 0.1) is 17.2 Å². The SMILES string of the molecule is CC1Cc2nc(C3CCS(=O)(=O)C3)[nH]c2CC1C. The Bertz CT molecular complexity index is 534. The monoisotopic (exact) mass is 268 g/mol. The highest BCUT2D eigenvalue weighted by Gasteiger charge is 2.33. The average Bonchev–Trinajstić information content (AvgIpc) is 2.82. The van der Waals surface area contributed by atoms with Gasteiger partial charge in [0, 0.05) is 11.6 Å². The number of aromatic nitrogens is 2. The maximum absolute atomic E-state index is 11.5. The first kappa shape index (κ1) is 12.2. The van der Waals surface area contributed by atoms with Gasteiger partial charge in [0.25, 0.3) is 0 Å². The summed E-state index contributed by atoms with van der Waals surface area (Å²) in [6.07, 6.45) is 2.79. The molecule has 1 aliphatic heterocycles. The van der Waals surface area contributed by atoms with E-state index in [2.05, 4.69) is 23.8 Å². The predicted octanol–water partition coefficient (Wildman–Crippen LogP) is 1.68. The molecule has 5 heteroatoms. The van der Waals surface area contributed by atoms with Crippen LogP contribution in [-0.2, 0) is 22.7 Å². The molecule has 100 valence electrons. The molecular weight excluding hydrogens is 248 g/mol. The molecule has 3 rings (SSSR count). The summed E-state index contributed by atoms with van der Waals surface area (Å²) in [7, 11) is -2.83. The standard InChI is InChI=1S/C13H20N2O2S/c1-8-5-11-12(6-9(8)2)15-13(14-11)10-3-4-18(16,17)7-10/h8-10H,3-7H2,1-2H3,(H,14,15). The summed E-state index contributed by atoms with van der Waals surface area (Å²) >= 11 is 0. The van der Waals surface area contributed by atoms with Crippen LogP contribution in [0, 0.1) is 11.8 Å². The number of fused-ring (bicyclic) bond motifs is 1. The van der Waals surface area contributed by atoms with Crippen molar-refractivity contribution in [2.45, 2.75) is 39.0 Å². The highest BCUT2D eigenvalue weighted by Crippen LogP contribution is 2.32. The van der Waals surface area contributed by atoms with Gasteiger partial charge in [-0.3, -0.25) is 0 Å². The zero-order valence-corrected chi connectivity index (χ0v) is 11.8. The van der Waals surface area contributed by atoms with Crippen LogP contribution in [-0.4, -0.2) is 29.9 Å². The Morgan fingerprint density at radius 3 is 2.61 bits per heavy atom. The first-order valence-electron chi connectivity index (χ1n) is 6.72. The van der Waals surface area contributed by atoms with E-state index in [1.165, 1.54) is 11.4 Å². The summed E-state index contributed by atoms with van der Waals surface area (Å²) in [6, 6.07) is 0. The van der Waals surface area contributed by atoms with E-state index < -0.39 is 9.84 Å². The average molecular weight is 268 g/mol. The number of nitrogens with zero attached hydrogens (tertiary/aromatic N) is 1. The number of H-pyrrole nitrogens is 1. The van der Waals surface area contributed by atoms with Crippen molar-refractivity contribution in [3.8, 4) is 0 Å². The number of rotatable bonds is 1. The largest absolute Gasteiger partial charge is 0.345 e. The Morgan fingerprint density at radius 1 is 1.22 bits per heavy atom. The van der Waals surface area contributed by atoms with Gasteiger partial charge in [-0.25, -0.2) is 13.4 Å². The fourth-order valence-electron chi connectivity index (χ4n) is 3.04. The van der Waals surface area contributed by atoms with Crippen molar-refractivity contribution in [2.24, 2.45) is 11.8 Å². The molecule has 4 nitrogen and oxygen atoms in total. The Morgan fingerprint density at radius 2 is 1.94 bits per heavy atom. The molecule has 0 spiro atoms. The summed E-state index contributed by atoms with van der Waals surface area (Å²) < 4.78 is 23.0. The zero-order valence-electron chi connectivity index (χ0n) is 10.9.